The van der Waals surface area contributed by atoms with E-state index in [1.165, 1.54) is 0 Å². The van der Waals surface area contributed by atoms with E-state index in [1.807, 2.05) is 27.7 Å². The van der Waals surface area contributed by atoms with Gasteiger partial charge in [0.15, 0.2) is 5.54 Å². The molecular weight excluding hydrogens is 232 g/mol. The summed E-state index contributed by atoms with van der Waals surface area (Å²) in [4.78, 5) is 25.5. The second-order valence-corrected chi connectivity index (χ2v) is 5.98. The van der Waals surface area contributed by atoms with Crippen molar-refractivity contribution < 1.29 is 14.3 Å². The molecule has 2 heterocycles. The molecule has 98 valence electrons. The van der Waals surface area contributed by atoms with Crippen LogP contribution in [0.3, 0.4) is 0 Å². The standard InChI is InChI=1S/C13H18N2O3/c1-6-7-15-9(16)13(14-10(15)17)8-11(2,3)18-12(13,4)5/h1H,7-8H2,2-5H3,(H,14,17). The van der Waals surface area contributed by atoms with E-state index in [1.54, 1.807) is 0 Å². The van der Waals surface area contributed by atoms with Crippen LogP contribution in [-0.4, -0.2) is 40.1 Å². The van der Waals surface area contributed by atoms with E-state index in [2.05, 4.69) is 11.2 Å². The number of nitrogens with one attached hydrogen (secondary N) is 1. The van der Waals surface area contributed by atoms with Gasteiger partial charge in [0.05, 0.1) is 17.7 Å². The van der Waals surface area contributed by atoms with E-state index in [9.17, 15) is 9.59 Å². The fourth-order valence-electron chi connectivity index (χ4n) is 3.05. The van der Waals surface area contributed by atoms with E-state index in [0.717, 1.165) is 4.90 Å². The van der Waals surface area contributed by atoms with Crippen LogP contribution in [-0.2, 0) is 9.53 Å². The largest absolute Gasteiger partial charge is 0.367 e. The summed E-state index contributed by atoms with van der Waals surface area (Å²) in [5.74, 6) is 2.04. The Labute approximate surface area is 107 Å². The number of hydrogen-bond donors (Lipinski definition) is 1. The van der Waals surface area contributed by atoms with Gasteiger partial charge >= 0.3 is 6.03 Å². The molecule has 3 amide bonds. The summed E-state index contributed by atoms with van der Waals surface area (Å²) in [5.41, 5.74) is -2.23. The molecule has 5 heteroatoms. The second kappa shape index (κ2) is 3.48. The van der Waals surface area contributed by atoms with Crippen molar-refractivity contribution in [2.24, 2.45) is 0 Å². The molecular formula is C13H18N2O3. The molecule has 1 spiro atoms. The SMILES string of the molecule is C#CCN1C(=O)NC2(CC(C)(C)OC2(C)C)C1=O. The Balaban J connectivity index is 2.43. The minimum atomic E-state index is -1.01. The molecule has 0 aromatic rings. The van der Waals surface area contributed by atoms with Gasteiger partial charge in [-0.3, -0.25) is 9.69 Å². The zero-order valence-electron chi connectivity index (χ0n) is 11.2. The maximum absolute atomic E-state index is 12.5. The fourth-order valence-corrected chi connectivity index (χ4v) is 3.05. The van der Waals surface area contributed by atoms with Gasteiger partial charge in [0.25, 0.3) is 5.91 Å². The molecule has 0 aromatic carbocycles. The Bertz CT molecular complexity index is 461. The normalized spacial score (nSPS) is 32.7. The molecule has 2 aliphatic heterocycles. The summed E-state index contributed by atoms with van der Waals surface area (Å²) < 4.78 is 5.91. The van der Waals surface area contributed by atoms with Crippen molar-refractivity contribution in [2.75, 3.05) is 6.54 Å². The van der Waals surface area contributed by atoms with Crippen molar-refractivity contribution in [1.82, 2.24) is 10.2 Å². The van der Waals surface area contributed by atoms with Gasteiger partial charge in [0.1, 0.15) is 0 Å². The molecule has 0 radical (unpaired) electrons. The highest BCUT2D eigenvalue weighted by atomic mass is 16.5. The van der Waals surface area contributed by atoms with Gasteiger partial charge < -0.3 is 10.1 Å². The first-order valence-electron chi connectivity index (χ1n) is 5.93. The topological polar surface area (TPSA) is 58.6 Å². The second-order valence-electron chi connectivity index (χ2n) is 5.98. The summed E-state index contributed by atoms with van der Waals surface area (Å²) >= 11 is 0. The van der Waals surface area contributed by atoms with Gasteiger partial charge in [-0.15, -0.1) is 6.42 Å². The highest BCUT2D eigenvalue weighted by Gasteiger charge is 2.67. The van der Waals surface area contributed by atoms with Gasteiger partial charge in [-0.2, -0.15) is 0 Å². The van der Waals surface area contributed by atoms with Crippen LogP contribution in [0.1, 0.15) is 34.1 Å². The van der Waals surface area contributed by atoms with Crippen LogP contribution < -0.4 is 5.32 Å². The first kappa shape index (κ1) is 12.9. The number of urea groups is 1. The molecule has 1 N–H and O–H groups in total. The summed E-state index contributed by atoms with van der Waals surface area (Å²) in [7, 11) is 0. The minimum absolute atomic E-state index is 0.0110. The van der Waals surface area contributed by atoms with E-state index < -0.39 is 22.8 Å². The molecule has 1 atom stereocenters. The van der Waals surface area contributed by atoms with Crippen LogP contribution >= 0.6 is 0 Å². The number of carbonyl (C=O) groups is 2. The van der Waals surface area contributed by atoms with Crippen molar-refractivity contribution in [2.45, 2.75) is 50.9 Å². The molecule has 18 heavy (non-hydrogen) atoms. The molecule has 0 aromatic heterocycles. The van der Waals surface area contributed by atoms with Crippen molar-refractivity contribution in [3.8, 4) is 12.3 Å². The molecule has 1 unspecified atom stereocenters. The lowest BCUT2D eigenvalue weighted by Crippen LogP contribution is -2.59. The van der Waals surface area contributed by atoms with Gasteiger partial charge in [-0.05, 0) is 27.7 Å². The first-order valence-corrected chi connectivity index (χ1v) is 5.93. The Morgan fingerprint density at radius 3 is 2.44 bits per heavy atom. The fraction of sp³-hybridized carbons (Fsp3) is 0.692. The number of carbonyl (C=O) groups excluding carboxylic acids is 2. The number of rotatable bonds is 1. The number of imide groups is 1. The summed E-state index contributed by atoms with van der Waals surface area (Å²) in [6.45, 7) is 7.45. The van der Waals surface area contributed by atoms with Crippen LogP contribution in [0.5, 0.6) is 0 Å². The maximum atomic E-state index is 12.5. The lowest BCUT2D eigenvalue weighted by atomic mass is 9.79. The van der Waals surface area contributed by atoms with Crippen molar-refractivity contribution in [3.05, 3.63) is 0 Å². The highest BCUT2D eigenvalue weighted by molar-refractivity contribution is 6.08. The summed E-state index contributed by atoms with van der Waals surface area (Å²) in [6.07, 6.45) is 5.63. The van der Waals surface area contributed by atoms with E-state index >= 15 is 0 Å². The van der Waals surface area contributed by atoms with Crippen molar-refractivity contribution in [3.63, 3.8) is 0 Å². The molecule has 2 saturated heterocycles. The monoisotopic (exact) mass is 250 g/mol. The Morgan fingerprint density at radius 2 is 2.00 bits per heavy atom. The third-order valence-electron chi connectivity index (χ3n) is 3.68. The lowest BCUT2D eigenvalue weighted by molar-refractivity contribution is -0.138. The van der Waals surface area contributed by atoms with Gasteiger partial charge in [0, 0.05) is 6.42 Å². The van der Waals surface area contributed by atoms with Gasteiger partial charge in [-0.1, -0.05) is 5.92 Å². The van der Waals surface area contributed by atoms with Crippen LogP contribution in [0.2, 0.25) is 0 Å². The Kier molecular flexibility index (Phi) is 2.50. The molecule has 0 saturated carbocycles. The average Bonchev–Trinajstić information content (AvgIpc) is 2.52. The predicted octanol–water partition coefficient (Wildman–Crippen LogP) is 0.888. The van der Waals surface area contributed by atoms with Crippen LogP contribution in [0, 0.1) is 12.3 Å². The van der Waals surface area contributed by atoms with Crippen LogP contribution in [0.15, 0.2) is 0 Å². The van der Waals surface area contributed by atoms with E-state index in [4.69, 9.17) is 11.2 Å². The third kappa shape index (κ3) is 1.52. The van der Waals surface area contributed by atoms with Crippen LogP contribution in [0.25, 0.3) is 0 Å². The van der Waals surface area contributed by atoms with E-state index in [-0.39, 0.29) is 12.5 Å². The van der Waals surface area contributed by atoms with Gasteiger partial charge in [-0.25, -0.2) is 4.79 Å². The van der Waals surface area contributed by atoms with Crippen molar-refractivity contribution in [1.29, 1.82) is 0 Å². The highest BCUT2D eigenvalue weighted by Crippen LogP contribution is 2.47. The summed E-state index contributed by atoms with van der Waals surface area (Å²) in [5, 5.41) is 2.78. The van der Waals surface area contributed by atoms with Gasteiger partial charge in [0.2, 0.25) is 0 Å². The quantitative estimate of drug-likeness (QED) is 0.555. The maximum Gasteiger partial charge on any atom is 0.325 e. The first-order chi connectivity index (χ1) is 8.15. The number of terminal acetylenes is 1. The molecule has 2 aliphatic rings. The zero-order valence-corrected chi connectivity index (χ0v) is 11.2. The van der Waals surface area contributed by atoms with E-state index in [0.29, 0.717) is 6.42 Å². The van der Waals surface area contributed by atoms with Crippen molar-refractivity contribution >= 4 is 11.9 Å². The minimum Gasteiger partial charge on any atom is -0.367 e. The smallest absolute Gasteiger partial charge is 0.325 e. The Hall–Kier alpha value is -1.54. The number of nitrogens with zero attached hydrogens (tertiary/aromatic N) is 1. The predicted molar refractivity (Wildman–Crippen MR) is 65.7 cm³/mol. The lowest BCUT2D eigenvalue weighted by Gasteiger charge is -2.33. The molecule has 2 fully saturated rings. The Morgan fingerprint density at radius 1 is 1.39 bits per heavy atom. The third-order valence-corrected chi connectivity index (χ3v) is 3.68. The zero-order chi connectivity index (χ0) is 13.8. The van der Waals surface area contributed by atoms with Crippen LogP contribution in [0.4, 0.5) is 4.79 Å². The number of ether oxygens (including phenoxy) is 1. The number of amides is 3. The molecule has 0 aliphatic carbocycles. The molecule has 5 nitrogen and oxygen atoms in total. The average molecular weight is 250 g/mol. The molecule has 0 bridgehead atoms. The molecule has 2 rings (SSSR count). The number of hydrogen-bond acceptors (Lipinski definition) is 3. The summed E-state index contributed by atoms with van der Waals surface area (Å²) in [6, 6.07) is -0.438.